The van der Waals surface area contributed by atoms with E-state index in [0.717, 1.165) is 22.6 Å². The fraction of sp³-hybridized carbons (Fsp3) is 0.0714. The third kappa shape index (κ3) is 1.13. The van der Waals surface area contributed by atoms with Gasteiger partial charge in [0.05, 0.1) is 11.9 Å². The fourth-order valence-electron chi connectivity index (χ4n) is 2.42. The maximum absolute atomic E-state index is 5.76. The molecule has 1 N–H and O–H groups in total. The van der Waals surface area contributed by atoms with Crippen LogP contribution in [0, 0.1) is 0 Å². The van der Waals surface area contributed by atoms with Crippen LogP contribution in [-0.4, -0.2) is 10.2 Å². The van der Waals surface area contributed by atoms with Crippen LogP contribution in [0.4, 0.5) is 0 Å². The van der Waals surface area contributed by atoms with E-state index in [1.165, 1.54) is 10.8 Å². The van der Waals surface area contributed by atoms with Gasteiger partial charge in [0.25, 0.3) is 0 Å². The van der Waals surface area contributed by atoms with Crippen LogP contribution < -0.4 is 4.74 Å². The van der Waals surface area contributed by atoms with E-state index < -0.39 is 0 Å². The molecule has 0 saturated heterocycles. The van der Waals surface area contributed by atoms with Gasteiger partial charge in [-0.25, -0.2) is 0 Å². The molecule has 0 radical (unpaired) electrons. The van der Waals surface area contributed by atoms with E-state index in [1.807, 2.05) is 24.4 Å². The number of fused-ring (bicyclic) bond motifs is 5. The van der Waals surface area contributed by atoms with E-state index >= 15 is 0 Å². The van der Waals surface area contributed by atoms with Gasteiger partial charge in [-0.3, -0.25) is 5.10 Å². The van der Waals surface area contributed by atoms with Gasteiger partial charge in [0.2, 0.25) is 0 Å². The molecule has 0 fully saturated rings. The number of rotatable bonds is 0. The lowest BCUT2D eigenvalue weighted by molar-refractivity contribution is 0.303. The molecule has 3 aromatic rings. The van der Waals surface area contributed by atoms with Crippen molar-refractivity contribution in [1.82, 2.24) is 10.2 Å². The molecule has 0 atom stereocenters. The van der Waals surface area contributed by atoms with E-state index in [2.05, 4.69) is 28.4 Å². The molecule has 0 bridgehead atoms. The molecule has 3 nitrogen and oxygen atoms in total. The minimum absolute atomic E-state index is 0.594. The normalized spacial score (nSPS) is 12.9. The lowest BCUT2D eigenvalue weighted by Crippen LogP contribution is -2.04. The van der Waals surface area contributed by atoms with Crippen LogP contribution in [0.15, 0.2) is 42.6 Å². The number of H-pyrrole nitrogens is 1. The van der Waals surface area contributed by atoms with Crippen LogP contribution in [0.5, 0.6) is 5.75 Å². The molecular weight excluding hydrogens is 212 g/mol. The summed E-state index contributed by atoms with van der Waals surface area (Å²) in [5.41, 5.74) is 3.33. The summed E-state index contributed by atoms with van der Waals surface area (Å²) in [5.74, 6) is 0.931. The van der Waals surface area contributed by atoms with E-state index in [0.29, 0.717) is 6.61 Å². The summed E-state index contributed by atoms with van der Waals surface area (Å²) in [6, 6.07) is 12.4. The second-order valence-electron chi connectivity index (χ2n) is 4.22. The van der Waals surface area contributed by atoms with Crippen molar-refractivity contribution in [3.63, 3.8) is 0 Å². The summed E-state index contributed by atoms with van der Waals surface area (Å²) in [5, 5.41) is 9.60. The first-order valence-electron chi connectivity index (χ1n) is 5.60. The Kier molecular flexibility index (Phi) is 1.61. The average molecular weight is 222 g/mol. The van der Waals surface area contributed by atoms with Crippen molar-refractivity contribution in [3.8, 4) is 17.0 Å². The van der Waals surface area contributed by atoms with Crippen molar-refractivity contribution in [2.24, 2.45) is 0 Å². The fourth-order valence-corrected chi connectivity index (χ4v) is 2.42. The highest BCUT2D eigenvalue weighted by molar-refractivity contribution is 5.99. The quantitative estimate of drug-likeness (QED) is 0.634. The van der Waals surface area contributed by atoms with E-state index in [1.54, 1.807) is 0 Å². The molecule has 82 valence electrons. The van der Waals surface area contributed by atoms with Gasteiger partial charge in [-0.05, 0) is 16.8 Å². The van der Waals surface area contributed by atoms with Crippen LogP contribution >= 0.6 is 0 Å². The summed E-state index contributed by atoms with van der Waals surface area (Å²) in [7, 11) is 0. The van der Waals surface area contributed by atoms with Crippen molar-refractivity contribution in [1.29, 1.82) is 0 Å². The van der Waals surface area contributed by atoms with Crippen molar-refractivity contribution < 1.29 is 4.74 Å². The third-order valence-electron chi connectivity index (χ3n) is 3.24. The van der Waals surface area contributed by atoms with Gasteiger partial charge < -0.3 is 4.74 Å². The lowest BCUT2D eigenvalue weighted by Gasteiger charge is -2.18. The maximum atomic E-state index is 5.76. The average Bonchev–Trinajstić information content (AvgIpc) is 2.86. The Morgan fingerprint density at radius 2 is 2.06 bits per heavy atom. The first kappa shape index (κ1) is 8.82. The Bertz CT molecular complexity index is 715. The summed E-state index contributed by atoms with van der Waals surface area (Å²) >= 11 is 0. The van der Waals surface area contributed by atoms with Crippen molar-refractivity contribution >= 4 is 10.8 Å². The largest absolute Gasteiger partial charge is 0.488 e. The molecule has 0 aliphatic carbocycles. The molecule has 2 heterocycles. The van der Waals surface area contributed by atoms with Crippen molar-refractivity contribution in [2.75, 3.05) is 0 Å². The van der Waals surface area contributed by atoms with Gasteiger partial charge in [-0.15, -0.1) is 0 Å². The molecule has 3 heteroatoms. The van der Waals surface area contributed by atoms with Gasteiger partial charge in [0.15, 0.2) is 0 Å². The maximum Gasteiger partial charge on any atom is 0.129 e. The first-order chi connectivity index (χ1) is 8.43. The number of aromatic amines is 1. The van der Waals surface area contributed by atoms with Gasteiger partial charge >= 0.3 is 0 Å². The number of nitrogens with one attached hydrogen (secondary N) is 1. The summed E-state index contributed by atoms with van der Waals surface area (Å²) in [6.45, 7) is 0.594. The molecule has 1 aliphatic rings. The van der Waals surface area contributed by atoms with Gasteiger partial charge in [-0.1, -0.05) is 30.3 Å². The zero-order valence-corrected chi connectivity index (χ0v) is 9.10. The van der Waals surface area contributed by atoms with Crippen LogP contribution in [0.1, 0.15) is 5.56 Å². The number of hydrogen-bond donors (Lipinski definition) is 1. The Hall–Kier alpha value is -2.29. The molecule has 2 aromatic carbocycles. The number of aromatic nitrogens is 2. The second-order valence-corrected chi connectivity index (χ2v) is 4.22. The smallest absolute Gasteiger partial charge is 0.129 e. The Morgan fingerprint density at radius 1 is 1.12 bits per heavy atom. The second kappa shape index (κ2) is 3.10. The molecule has 0 spiro atoms. The zero-order chi connectivity index (χ0) is 11.2. The number of nitrogens with zero attached hydrogens (tertiary/aromatic N) is 1. The molecule has 1 aliphatic heterocycles. The highest BCUT2D eigenvalue weighted by atomic mass is 16.5. The van der Waals surface area contributed by atoms with Crippen LogP contribution in [0.2, 0.25) is 0 Å². The van der Waals surface area contributed by atoms with Crippen LogP contribution in [0.3, 0.4) is 0 Å². The Balaban J connectivity index is 2.17. The molecule has 4 rings (SSSR count). The summed E-state index contributed by atoms with van der Waals surface area (Å²) in [6.07, 6.45) is 1.83. The van der Waals surface area contributed by atoms with Gasteiger partial charge in [-0.2, -0.15) is 5.10 Å². The first-order valence-corrected chi connectivity index (χ1v) is 5.60. The highest BCUT2D eigenvalue weighted by Gasteiger charge is 2.20. The van der Waals surface area contributed by atoms with E-state index in [9.17, 15) is 0 Å². The van der Waals surface area contributed by atoms with E-state index in [4.69, 9.17) is 4.74 Å². The zero-order valence-electron chi connectivity index (χ0n) is 9.10. The van der Waals surface area contributed by atoms with Crippen LogP contribution in [-0.2, 0) is 6.61 Å². The van der Waals surface area contributed by atoms with E-state index in [-0.39, 0.29) is 0 Å². The number of hydrogen-bond acceptors (Lipinski definition) is 2. The SMILES string of the molecule is c1ccc2c3c(ccc2c1)OCc1cn[nH]c1-3. The minimum atomic E-state index is 0.594. The molecule has 0 amide bonds. The minimum Gasteiger partial charge on any atom is -0.488 e. The van der Waals surface area contributed by atoms with Crippen LogP contribution in [0.25, 0.3) is 22.0 Å². The van der Waals surface area contributed by atoms with Crippen molar-refractivity contribution in [3.05, 3.63) is 48.2 Å². The Morgan fingerprint density at radius 3 is 3.06 bits per heavy atom. The Labute approximate surface area is 98.0 Å². The van der Waals surface area contributed by atoms with Crippen molar-refractivity contribution in [2.45, 2.75) is 6.61 Å². The molecule has 0 saturated carbocycles. The monoisotopic (exact) mass is 222 g/mol. The number of benzene rings is 2. The highest BCUT2D eigenvalue weighted by Crippen LogP contribution is 2.40. The molecule has 1 aromatic heterocycles. The lowest BCUT2D eigenvalue weighted by atomic mass is 9.97. The predicted molar refractivity (Wildman–Crippen MR) is 65.9 cm³/mol. The topological polar surface area (TPSA) is 37.9 Å². The van der Waals surface area contributed by atoms with Gasteiger partial charge in [0.1, 0.15) is 12.4 Å². The summed E-state index contributed by atoms with van der Waals surface area (Å²) < 4.78 is 5.76. The van der Waals surface area contributed by atoms with Gasteiger partial charge in [0, 0.05) is 11.1 Å². The predicted octanol–water partition coefficient (Wildman–Crippen LogP) is 3.12. The summed E-state index contributed by atoms with van der Waals surface area (Å²) in [4.78, 5) is 0. The number of ether oxygens (including phenoxy) is 1. The molecule has 17 heavy (non-hydrogen) atoms. The standard InChI is InChI=1S/C14H10N2O/c1-2-4-11-9(3-1)5-6-12-13(11)14-10(8-17-12)7-15-16-14/h1-7H,8H2,(H,15,16). The molecular formula is C14H10N2O. The molecule has 0 unspecified atom stereocenters. The third-order valence-corrected chi connectivity index (χ3v) is 3.24.